The van der Waals surface area contributed by atoms with Crippen molar-refractivity contribution in [1.29, 1.82) is 0 Å². The van der Waals surface area contributed by atoms with Gasteiger partial charge >= 0.3 is 0 Å². The van der Waals surface area contributed by atoms with Crippen LogP contribution in [0.15, 0.2) is 24.3 Å². The Morgan fingerprint density at radius 3 is 2.59 bits per heavy atom. The van der Waals surface area contributed by atoms with Gasteiger partial charge in [0.05, 0.1) is 6.54 Å². The number of nitrogens with zero attached hydrogens (tertiary/aromatic N) is 1. The maximum Gasteiger partial charge on any atom is 0.174 e. The number of para-hydroxylation sites is 1. The molecule has 1 heterocycles. The fourth-order valence-electron chi connectivity index (χ4n) is 2.30. The first-order valence-electron chi connectivity index (χ1n) is 6.41. The summed E-state index contributed by atoms with van der Waals surface area (Å²) in [6.45, 7) is 7.28. The summed E-state index contributed by atoms with van der Waals surface area (Å²) in [4.78, 5) is 2.35. The molecule has 0 saturated heterocycles. The number of rotatable bonds is 6. The molecule has 1 aliphatic rings. The largest absolute Gasteiger partial charge is 0.366 e. The van der Waals surface area contributed by atoms with Gasteiger partial charge in [-0.25, -0.2) is 0 Å². The summed E-state index contributed by atoms with van der Waals surface area (Å²) in [6, 6.07) is 8.57. The van der Waals surface area contributed by atoms with Crippen molar-refractivity contribution in [3.05, 3.63) is 29.8 Å². The molecule has 0 bridgehead atoms. The molecule has 0 saturated carbocycles. The van der Waals surface area contributed by atoms with Crippen LogP contribution in [-0.4, -0.2) is 32.6 Å². The van der Waals surface area contributed by atoms with E-state index in [1.54, 1.807) is 0 Å². The van der Waals surface area contributed by atoms with Gasteiger partial charge in [-0.2, -0.15) is 0 Å². The van der Waals surface area contributed by atoms with E-state index in [-0.39, 0.29) is 6.29 Å². The van der Waals surface area contributed by atoms with E-state index in [0.717, 1.165) is 19.5 Å². The molecule has 0 aliphatic carbocycles. The highest BCUT2D eigenvalue weighted by Crippen LogP contribution is 2.27. The second-order valence-corrected chi connectivity index (χ2v) is 4.16. The van der Waals surface area contributed by atoms with Gasteiger partial charge in [0, 0.05) is 25.4 Å². The molecule has 2 rings (SSSR count). The molecule has 94 valence electrons. The van der Waals surface area contributed by atoms with E-state index < -0.39 is 0 Å². The van der Waals surface area contributed by atoms with Crippen molar-refractivity contribution >= 4 is 5.69 Å². The lowest BCUT2D eigenvalue weighted by Crippen LogP contribution is -2.34. The minimum atomic E-state index is -0.115. The van der Waals surface area contributed by atoms with E-state index in [0.29, 0.717) is 13.2 Å². The van der Waals surface area contributed by atoms with Gasteiger partial charge in [-0.1, -0.05) is 18.2 Å². The Labute approximate surface area is 103 Å². The Kier molecular flexibility index (Phi) is 4.40. The van der Waals surface area contributed by atoms with Crippen molar-refractivity contribution in [2.24, 2.45) is 0 Å². The summed E-state index contributed by atoms with van der Waals surface area (Å²) >= 11 is 0. The standard InChI is InChI=1S/C14H21NO2/c1-3-16-14(17-4-2)11-15-10-9-12-7-5-6-8-13(12)15/h5-8,14H,3-4,9-11H2,1-2H3. The van der Waals surface area contributed by atoms with Crippen LogP contribution in [-0.2, 0) is 15.9 Å². The molecule has 0 N–H and O–H groups in total. The molecule has 1 aromatic carbocycles. The summed E-state index contributed by atoms with van der Waals surface area (Å²) in [6.07, 6.45) is 1.01. The highest BCUT2D eigenvalue weighted by atomic mass is 16.7. The van der Waals surface area contributed by atoms with Crippen LogP contribution in [0.1, 0.15) is 19.4 Å². The van der Waals surface area contributed by atoms with Crippen LogP contribution in [0.4, 0.5) is 5.69 Å². The van der Waals surface area contributed by atoms with E-state index in [9.17, 15) is 0 Å². The molecule has 3 nitrogen and oxygen atoms in total. The van der Waals surface area contributed by atoms with Gasteiger partial charge in [-0.05, 0) is 31.9 Å². The zero-order chi connectivity index (χ0) is 12.1. The second-order valence-electron chi connectivity index (χ2n) is 4.16. The highest BCUT2D eigenvalue weighted by Gasteiger charge is 2.21. The van der Waals surface area contributed by atoms with Crippen LogP contribution in [0, 0.1) is 0 Å². The lowest BCUT2D eigenvalue weighted by Gasteiger charge is -2.25. The van der Waals surface area contributed by atoms with Crippen molar-refractivity contribution in [3.63, 3.8) is 0 Å². The average molecular weight is 235 g/mol. The number of benzene rings is 1. The quantitative estimate of drug-likeness (QED) is 0.707. The van der Waals surface area contributed by atoms with Crippen molar-refractivity contribution in [2.45, 2.75) is 26.6 Å². The number of fused-ring (bicyclic) bond motifs is 1. The fourth-order valence-corrected chi connectivity index (χ4v) is 2.30. The van der Waals surface area contributed by atoms with Crippen LogP contribution >= 0.6 is 0 Å². The number of hydrogen-bond donors (Lipinski definition) is 0. The zero-order valence-electron chi connectivity index (χ0n) is 10.7. The molecule has 0 atom stereocenters. The minimum absolute atomic E-state index is 0.115. The summed E-state index contributed by atoms with van der Waals surface area (Å²) in [5, 5.41) is 0. The number of ether oxygens (including phenoxy) is 2. The first-order chi connectivity index (χ1) is 8.35. The Morgan fingerprint density at radius 2 is 1.88 bits per heavy atom. The van der Waals surface area contributed by atoms with Crippen molar-refractivity contribution < 1.29 is 9.47 Å². The maximum absolute atomic E-state index is 5.60. The summed E-state index contributed by atoms with van der Waals surface area (Å²) in [5.41, 5.74) is 2.76. The lowest BCUT2D eigenvalue weighted by atomic mass is 10.2. The summed E-state index contributed by atoms with van der Waals surface area (Å²) in [7, 11) is 0. The molecule has 0 spiro atoms. The summed E-state index contributed by atoms with van der Waals surface area (Å²) < 4.78 is 11.2. The second kappa shape index (κ2) is 6.03. The van der Waals surface area contributed by atoms with Crippen LogP contribution < -0.4 is 4.90 Å². The van der Waals surface area contributed by atoms with Crippen LogP contribution in [0.3, 0.4) is 0 Å². The molecule has 0 aromatic heterocycles. The molecule has 17 heavy (non-hydrogen) atoms. The smallest absolute Gasteiger partial charge is 0.174 e. The fraction of sp³-hybridized carbons (Fsp3) is 0.571. The van der Waals surface area contributed by atoms with Gasteiger partial charge in [0.1, 0.15) is 0 Å². The normalized spacial score (nSPS) is 14.4. The SMILES string of the molecule is CCOC(CN1CCc2ccccc21)OCC. The third-order valence-electron chi connectivity index (χ3n) is 3.06. The van der Waals surface area contributed by atoms with E-state index >= 15 is 0 Å². The molecular formula is C14H21NO2. The van der Waals surface area contributed by atoms with Crippen molar-refractivity contribution in [2.75, 3.05) is 31.2 Å². The van der Waals surface area contributed by atoms with E-state index in [1.807, 2.05) is 13.8 Å². The third-order valence-corrected chi connectivity index (χ3v) is 3.06. The molecule has 1 aromatic rings. The molecule has 0 unspecified atom stereocenters. The van der Waals surface area contributed by atoms with Gasteiger partial charge in [-0.3, -0.25) is 0 Å². The van der Waals surface area contributed by atoms with E-state index in [1.165, 1.54) is 11.3 Å². The zero-order valence-corrected chi connectivity index (χ0v) is 10.7. The van der Waals surface area contributed by atoms with Gasteiger partial charge in [0.15, 0.2) is 6.29 Å². The van der Waals surface area contributed by atoms with Crippen LogP contribution in [0.5, 0.6) is 0 Å². The third kappa shape index (κ3) is 2.99. The molecule has 0 radical (unpaired) electrons. The monoisotopic (exact) mass is 235 g/mol. The van der Waals surface area contributed by atoms with Crippen molar-refractivity contribution in [1.82, 2.24) is 0 Å². The van der Waals surface area contributed by atoms with Gasteiger partial charge in [0.2, 0.25) is 0 Å². The number of anilines is 1. The Hall–Kier alpha value is -1.06. The Balaban J connectivity index is 1.99. The minimum Gasteiger partial charge on any atom is -0.366 e. The van der Waals surface area contributed by atoms with Crippen molar-refractivity contribution in [3.8, 4) is 0 Å². The topological polar surface area (TPSA) is 21.7 Å². The molecule has 0 amide bonds. The molecule has 0 fully saturated rings. The predicted molar refractivity (Wildman–Crippen MR) is 69.4 cm³/mol. The first kappa shape index (κ1) is 12.4. The molecule has 1 aliphatic heterocycles. The lowest BCUT2D eigenvalue weighted by molar-refractivity contribution is -0.129. The van der Waals surface area contributed by atoms with E-state index in [4.69, 9.17) is 9.47 Å². The Morgan fingerprint density at radius 1 is 1.18 bits per heavy atom. The van der Waals surface area contributed by atoms with E-state index in [2.05, 4.69) is 29.2 Å². The average Bonchev–Trinajstić information content (AvgIpc) is 2.74. The molecule has 3 heteroatoms. The van der Waals surface area contributed by atoms with Gasteiger partial charge < -0.3 is 14.4 Å². The highest BCUT2D eigenvalue weighted by molar-refractivity contribution is 5.57. The first-order valence-corrected chi connectivity index (χ1v) is 6.41. The van der Waals surface area contributed by atoms with Crippen LogP contribution in [0.2, 0.25) is 0 Å². The predicted octanol–water partition coefficient (Wildman–Crippen LogP) is 2.45. The van der Waals surface area contributed by atoms with Gasteiger partial charge in [0.25, 0.3) is 0 Å². The summed E-state index contributed by atoms with van der Waals surface area (Å²) in [5.74, 6) is 0. The van der Waals surface area contributed by atoms with Crippen LogP contribution in [0.25, 0.3) is 0 Å². The number of hydrogen-bond acceptors (Lipinski definition) is 3. The molecular weight excluding hydrogens is 214 g/mol. The van der Waals surface area contributed by atoms with Gasteiger partial charge in [-0.15, -0.1) is 0 Å². The Bertz CT molecular complexity index is 348. The maximum atomic E-state index is 5.60.